The molecule has 28 heavy (non-hydrogen) atoms. The van der Waals surface area contributed by atoms with E-state index in [0.29, 0.717) is 13.0 Å². The molecule has 1 saturated heterocycles. The molecule has 1 N–H and O–H groups in total. The first kappa shape index (κ1) is 18.5. The molecular weight excluding hydrogens is 354 g/mol. The predicted molar refractivity (Wildman–Crippen MR) is 110 cm³/mol. The first-order chi connectivity index (χ1) is 13.6. The third-order valence-electron chi connectivity index (χ3n) is 5.59. The molecule has 2 aliphatic heterocycles. The highest BCUT2D eigenvalue weighted by Crippen LogP contribution is 2.34. The van der Waals surface area contributed by atoms with Crippen molar-refractivity contribution in [2.24, 2.45) is 0 Å². The van der Waals surface area contributed by atoms with Gasteiger partial charge in [-0.05, 0) is 43.2 Å². The fraction of sp³-hybridized carbons (Fsp3) is 0.409. The SMILES string of the molecule is Cc1cccc(N2CCN(C(=O)CCNc3ccc4c(c3)OCO4)CC2)c1C. The van der Waals surface area contributed by atoms with E-state index >= 15 is 0 Å². The second kappa shape index (κ2) is 8.00. The molecule has 0 radical (unpaired) electrons. The highest BCUT2D eigenvalue weighted by molar-refractivity contribution is 5.77. The maximum atomic E-state index is 12.6. The molecule has 0 saturated carbocycles. The summed E-state index contributed by atoms with van der Waals surface area (Å²) in [6, 6.07) is 12.2. The highest BCUT2D eigenvalue weighted by Gasteiger charge is 2.22. The van der Waals surface area contributed by atoms with E-state index < -0.39 is 0 Å². The average molecular weight is 381 g/mol. The Labute approximate surface area is 166 Å². The summed E-state index contributed by atoms with van der Waals surface area (Å²) in [6.07, 6.45) is 0.484. The summed E-state index contributed by atoms with van der Waals surface area (Å²) < 4.78 is 10.7. The number of amides is 1. The van der Waals surface area contributed by atoms with Gasteiger partial charge in [-0.25, -0.2) is 0 Å². The minimum Gasteiger partial charge on any atom is -0.454 e. The second-order valence-corrected chi connectivity index (χ2v) is 7.33. The van der Waals surface area contributed by atoms with Crippen LogP contribution in [0.15, 0.2) is 36.4 Å². The zero-order chi connectivity index (χ0) is 19.5. The molecule has 0 aliphatic carbocycles. The van der Waals surface area contributed by atoms with E-state index in [-0.39, 0.29) is 12.7 Å². The molecule has 0 bridgehead atoms. The van der Waals surface area contributed by atoms with Crippen molar-refractivity contribution in [1.82, 2.24) is 4.90 Å². The van der Waals surface area contributed by atoms with Gasteiger partial charge in [0.2, 0.25) is 12.7 Å². The summed E-state index contributed by atoms with van der Waals surface area (Å²) in [7, 11) is 0. The predicted octanol–water partition coefficient (Wildman–Crippen LogP) is 3.18. The Bertz CT molecular complexity index is 860. The third-order valence-corrected chi connectivity index (χ3v) is 5.59. The van der Waals surface area contributed by atoms with Crippen molar-refractivity contribution in [3.63, 3.8) is 0 Å². The van der Waals surface area contributed by atoms with Crippen LogP contribution in [0.2, 0.25) is 0 Å². The number of rotatable bonds is 5. The standard InChI is InChI=1S/C22H27N3O3/c1-16-4-3-5-19(17(16)2)24-10-12-25(13-11-24)22(26)8-9-23-18-6-7-20-21(14-18)28-15-27-20/h3-7,14,23H,8-13,15H2,1-2H3. The van der Waals surface area contributed by atoms with Crippen molar-refractivity contribution in [3.05, 3.63) is 47.5 Å². The highest BCUT2D eigenvalue weighted by atomic mass is 16.7. The van der Waals surface area contributed by atoms with Gasteiger partial charge in [0.1, 0.15) is 0 Å². The molecule has 1 amide bonds. The van der Waals surface area contributed by atoms with Crippen LogP contribution in [0.3, 0.4) is 0 Å². The van der Waals surface area contributed by atoms with Gasteiger partial charge in [-0.1, -0.05) is 12.1 Å². The van der Waals surface area contributed by atoms with Crippen LogP contribution in [0, 0.1) is 13.8 Å². The first-order valence-electron chi connectivity index (χ1n) is 9.84. The largest absolute Gasteiger partial charge is 0.454 e. The summed E-state index contributed by atoms with van der Waals surface area (Å²) in [4.78, 5) is 16.9. The van der Waals surface area contributed by atoms with Crippen molar-refractivity contribution in [2.45, 2.75) is 20.3 Å². The topological polar surface area (TPSA) is 54.0 Å². The first-order valence-corrected chi connectivity index (χ1v) is 9.84. The van der Waals surface area contributed by atoms with Crippen molar-refractivity contribution in [3.8, 4) is 11.5 Å². The van der Waals surface area contributed by atoms with Crippen molar-refractivity contribution in [1.29, 1.82) is 0 Å². The van der Waals surface area contributed by atoms with Gasteiger partial charge in [0, 0.05) is 56.6 Å². The molecule has 0 spiro atoms. The minimum atomic E-state index is 0.203. The Kier molecular flexibility index (Phi) is 5.28. The summed E-state index contributed by atoms with van der Waals surface area (Å²) in [5, 5.41) is 3.30. The average Bonchev–Trinajstić information content (AvgIpc) is 3.18. The van der Waals surface area contributed by atoms with Gasteiger partial charge in [0.15, 0.2) is 11.5 Å². The van der Waals surface area contributed by atoms with E-state index in [1.54, 1.807) is 0 Å². The maximum Gasteiger partial charge on any atom is 0.231 e. The number of aryl methyl sites for hydroxylation is 1. The molecule has 6 nitrogen and oxygen atoms in total. The fourth-order valence-electron chi connectivity index (χ4n) is 3.75. The quantitative estimate of drug-likeness (QED) is 0.862. The van der Waals surface area contributed by atoms with E-state index in [0.717, 1.165) is 43.4 Å². The molecule has 4 rings (SSSR count). The van der Waals surface area contributed by atoms with Gasteiger partial charge in [-0.15, -0.1) is 0 Å². The Morgan fingerprint density at radius 2 is 1.82 bits per heavy atom. The fourth-order valence-corrected chi connectivity index (χ4v) is 3.75. The van der Waals surface area contributed by atoms with E-state index in [4.69, 9.17) is 9.47 Å². The number of nitrogens with zero attached hydrogens (tertiary/aromatic N) is 2. The summed E-state index contributed by atoms with van der Waals surface area (Å²) in [6.45, 7) is 8.50. The minimum absolute atomic E-state index is 0.203. The van der Waals surface area contributed by atoms with Gasteiger partial charge in [-0.3, -0.25) is 4.79 Å². The molecular formula is C22H27N3O3. The summed E-state index contributed by atoms with van der Waals surface area (Å²) in [5.41, 5.74) is 4.87. The molecule has 2 aromatic carbocycles. The lowest BCUT2D eigenvalue weighted by Gasteiger charge is -2.37. The number of carbonyl (C=O) groups is 1. The Hall–Kier alpha value is -2.89. The van der Waals surface area contributed by atoms with Crippen LogP contribution >= 0.6 is 0 Å². The number of anilines is 2. The lowest BCUT2D eigenvalue weighted by molar-refractivity contribution is -0.131. The second-order valence-electron chi connectivity index (χ2n) is 7.33. The van der Waals surface area contributed by atoms with Crippen LogP contribution in [-0.4, -0.2) is 50.3 Å². The number of ether oxygens (including phenoxy) is 2. The zero-order valence-electron chi connectivity index (χ0n) is 16.5. The zero-order valence-corrected chi connectivity index (χ0v) is 16.5. The lowest BCUT2D eigenvalue weighted by Crippen LogP contribution is -2.49. The summed E-state index contributed by atoms with van der Waals surface area (Å²) >= 11 is 0. The Balaban J connectivity index is 1.24. The van der Waals surface area contributed by atoms with Crippen LogP contribution in [0.5, 0.6) is 11.5 Å². The van der Waals surface area contributed by atoms with E-state index in [1.807, 2.05) is 23.1 Å². The van der Waals surface area contributed by atoms with Crippen molar-refractivity contribution < 1.29 is 14.3 Å². The monoisotopic (exact) mass is 381 g/mol. The number of benzene rings is 2. The Morgan fingerprint density at radius 3 is 2.64 bits per heavy atom. The van der Waals surface area contributed by atoms with Crippen LogP contribution in [0.1, 0.15) is 17.5 Å². The third kappa shape index (κ3) is 3.86. The number of hydrogen-bond donors (Lipinski definition) is 1. The number of piperazine rings is 1. The molecule has 0 aromatic heterocycles. The maximum absolute atomic E-state index is 12.6. The van der Waals surface area contributed by atoms with Crippen LogP contribution < -0.4 is 19.7 Å². The number of nitrogens with one attached hydrogen (secondary N) is 1. The lowest BCUT2D eigenvalue weighted by atomic mass is 10.1. The van der Waals surface area contributed by atoms with Gasteiger partial charge in [0.05, 0.1) is 0 Å². The van der Waals surface area contributed by atoms with Crippen molar-refractivity contribution >= 4 is 17.3 Å². The van der Waals surface area contributed by atoms with Crippen LogP contribution in [-0.2, 0) is 4.79 Å². The molecule has 2 aliphatic rings. The van der Waals surface area contributed by atoms with Gasteiger partial charge in [-0.2, -0.15) is 0 Å². The van der Waals surface area contributed by atoms with Gasteiger partial charge >= 0.3 is 0 Å². The normalized spacial score (nSPS) is 15.6. The van der Waals surface area contributed by atoms with Crippen LogP contribution in [0.25, 0.3) is 0 Å². The summed E-state index contributed by atoms with van der Waals surface area (Å²) in [5.74, 6) is 1.72. The molecule has 0 atom stereocenters. The molecule has 1 fully saturated rings. The molecule has 6 heteroatoms. The number of fused-ring (bicyclic) bond motifs is 1. The molecule has 2 aromatic rings. The Morgan fingerprint density at radius 1 is 1.04 bits per heavy atom. The molecule has 148 valence electrons. The van der Waals surface area contributed by atoms with Crippen LogP contribution in [0.4, 0.5) is 11.4 Å². The van der Waals surface area contributed by atoms with E-state index in [1.165, 1.54) is 16.8 Å². The molecule has 2 heterocycles. The van der Waals surface area contributed by atoms with Gasteiger partial charge in [0.25, 0.3) is 0 Å². The molecule has 0 unspecified atom stereocenters. The van der Waals surface area contributed by atoms with Gasteiger partial charge < -0.3 is 24.6 Å². The van der Waals surface area contributed by atoms with E-state index in [2.05, 4.69) is 42.3 Å². The number of hydrogen-bond acceptors (Lipinski definition) is 5. The van der Waals surface area contributed by atoms with E-state index in [9.17, 15) is 4.79 Å². The number of carbonyl (C=O) groups excluding carboxylic acids is 1. The van der Waals surface area contributed by atoms with Crippen molar-refractivity contribution in [2.75, 3.05) is 49.7 Å². The smallest absolute Gasteiger partial charge is 0.231 e.